The zero-order valence-electron chi connectivity index (χ0n) is 17.3. The molecule has 0 radical (unpaired) electrons. The molecule has 0 bridgehead atoms. The SMILES string of the molecule is CCCC1CCC(OCC2C(NS(C)(=O)=O)CCc3ccc(C)c(=O)n32)CC1. The quantitative estimate of drug-likeness (QED) is 0.750. The van der Waals surface area contributed by atoms with Crippen molar-refractivity contribution < 1.29 is 13.2 Å². The van der Waals surface area contributed by atoms with E-state index in [1.807, 2.05) is 12.1 Å². The highest BCUT2D eigenvalue weighted by atomic mass is 32.2. The van der Waals surface area contributed by atoms with E-state index < -0.39 is 10.0 Å². The molecule has 1 N–H and O–H groups in total. The number of nitrogens with one attached hydrogen (secondary N) is 1. The molecule has 0 spiro atoms. The van der Waals surface area contributed by atoms with Crippen LogP contribution in [0.1, 0.15) is 69.2 Å². The summed E-state index contributed by atoms with van der Waals surface area (Å²) >= 11 is 0. The molecule has 158 valence electrons. The number of ether oxygens (including phenoxy) is 1. The van der Waals surface area contributed by atoms with Crippen molar-refractivity contribution in [1.29, 1.82) is 0 Å². The first-order valence-corrected chi connectivity index (χ1v) is 12.5. The van der Waals surface area contributed by atoms with Crippen molar-refractivity contribution in [1.82, 2.24) is 9.29 Å². The Morgan fingerprint density at radius 1 is 1.18 bits per heavy atom. The van der Waals surface area contributed by atoms with Gasteiger partial charge in [-0.3, -0.25) is 4.79 Å². The number of sulfonamides is 1. The lowest BCUT2D eigenvalue weighted by atomic mass is 9.84. The van der Waals surface area contributed by atoms with Gasteiger partial charge in [0.05, 0.1) is 25.0 Å². The first kappa shape index (κ1) is 21.5. The molecule has 3 rings (SSSR count). The molecule has 0 saturated heterocycles. The number of rotatable bonds is 7. The summed E-state index contributed by atoms with van der Waals surface area (Å²) in [5.74, 6) is 0.810. The molecular formula is C21H34N2O4S. The van der Waals surface area contributed by atoms with Crippen LogP contribution in [0.15, 0.2) is 16.9 Å². The molecule has 1 aromatic rings. The van der Waals surface area contributed by atoms with Gasteiger partial charge in [-0.15, -0.1) is 0 Å². The van der Waals surface area contributed by atoms with E-state index in [1.165, 1.54) is 31.9 Å². The molecule has 6 nitrogen and oxygen atoms in total. The summed E-state index contributed by atoms with van der Waals surface area (Å²) in [5.41, 5.74) is 1.59. The molecule has 2 aliphatic rings. The van der Waals surface area contributed by atoms with Crippen molar-refractivity contribution in [3.63, 3.8) is 0 Å². The minimum absolute atomic E-state index is 0.0437. The fraction of sp³-hybridized carbons (Fsp3) is 0.762. The van der Waals surface area contributed by atoms with Gasteiger partial charge in [0.25, 0.3) is 5.56 Å². The standard InChI is InChI=1S/C21H34N2O4S/c1-4-5-16-7-11-18(12-8-16)27-14-20-19(22-28(3,25)26)13-10-17-9-6-15(2)21(24)23(17)20/h6,9,16,18-20,22H,4-5,7-8,10-14H2,1-3H3. The maximum absolute atomic E-state index is 12.8. The van der Waals surface area contributed by atoms with Crippen molar-refractivity contribution in [2.75, 3.05) is 12.9 Å². The van der Waals surface area contributed by atoms with E-state index in [9.17, 15) is 13.2 Å². The topological polar surface area (TPSA) is 77.4 Å². The molecule has 2 heterocycles. The Bertz CT molecular complexity index is 825. The predicted octanol–water partition coefficient (Wildman–Crippen LogP) is 2.94. The number of aryl methyl sites for hydroxylation is 2. The monoisotopic (exact) mass is 410 g/mol. The van der Waals surface area contributed by atoms with Crippen LogP contribution in [0.4, 0.5) is 0 Å². The second kappa shape index (κ2) is 9.09. The first-order valence-electron chi connectivity index (χ1n) is 10.6. The van der Waals surface area contributed by atoms with Crippen LogP contribution in [0.3, 0.4) is 0 Å². The predicted molar refractivity (Wildman–Crippen MR) is 111 cm³/mol. The lowest BCUT2D eigenvalue weighted by molar-refractivity contribution is -0.00734. The number of aromatic nitrogens is 1. The summed E-state index contributed by atoms with van der Waals surface area (Å²) in [5, 5.41) is 0. The molecule has 1 aliphatic heterocycles. The van der Waals surface area contributed by atoms with Crippen LogP contribution in [0.2, 0.25) is 0 Å². The molecule has 2 unspecified atom stereocenters. The third-order valence-electron chi connectivity index (χ3n) is 6.26. The molecule has 28 heavy (non-hydrogen) atoms. The van der Waals surface area contributed by atoms with E-state index in [4.69, 9.17) is 4.74 Å². The minimum Gasteiger partial charge on any atom is -0.376 e. The van der Waals surface area contributed by atoms with Gasteiger partial charge >= 0.3 is 0 Å². The van der Waals surface area contributed by atoms with Crippen LogP contribution in [-0.4, -0.2) is 38.0 Å². The molecule has 1 fully saturated rings. The molecular weight excluding hydrogens is 376 g/mol. The summed E-state index contributed by atoms with van der Waals surface area (Å²) < 4.78 is 34.5. The molecule has 2 atom stereocenters. The highest BCUT2D eigenvalue weighted by Crippen LogP contribution is 2.31. The lowest BCUT2D eigenvalue weighted by Gasteiger charge is -2.37. The fourth-order valence-electron chi connectivity index (χ4n) is 4.77. The van der Waals surface area contributed by atoms with E-state index in [2.05, 4.69) is 11.6 Å². The number of nitrogens with zero attached hydrogens (tertiary/aromatic N) is 1. The Morgan fingerprint density at radius 2 is 1.89 bits per heavy atom. The van der Waals surface area contributed by atoms with Crippen LogP contribution in [0.25, 0.3) is 0 Å². The summed E-state index contributed by atoms with van der Waals surface area (Å²) in [4.78, 5) is 12.8. The molecule has 0 amide bonds. The van der Waals surface area contributed by atoms with Gasteiger partial charge in [-0.2, -0.15) is 0 Å². The zero-order chi connectivity index (χ0) is 20.3. The van der Waals surface area contributed by atoms with Crippen molar-refractivity contribution in [2.45, 2.75) is 83.4 Å². The molecule has 1 aromatic heterocycles. The van der Waals surface area contributed by atoms with Crippen LogP contribution < -0.4 is 10.3 Å². The Balaban J connectivity index is 1.75. The number of hydrogen-bond acceptors (Lipinski definition) is 4. The normalized spacial score (nSPS) is 28.1. The molecule has 0 aromatic carbocycles. The van der Waals surface area contributed by atoms with Gasteiger partial charge in [-0.1, -0.05) is 25.8 Å². The fourth-order valence-corrected chi connectivity index (χ4v) is 5.59. The van der Waals surface area contributed by atoms with E-state index in [0.717, 1.165) is 24.5 Å². The third-order valence-corrected chi connectivity index (χ3v) is 6.99. The average molecular weight is 411 g/mol. The van der Waals surface area contributed by atoms with Crippen molar-refractivity contribution >= 4 is 10.0 Å². The van der Waals surface area contributed by atoms with Gasteiger partial charge < -0.3 is 9.30 Å². The van der Waals surface area contributed by atoms with Gasteiger partial charge in [0.1, 0.15) is 0 Å². The Labute approximate surface area is 168 Å². The molecule has 1 saturated carbocycles. The van der Waals surface area contributed by atoms with Crippen LogP contribution >= 0.6 is 0 Å². The summed E-state index contributed by atoms with van der Waals surface area (Å²) in [7, 11) is -3.36. The van der Waals surface area contributed by atoms with E-state index >= 15 is 0 Å². The second-order valence-electron chi connectivity index (χ2n) is 8.55. The highest BCUT2D eigenvalue weighted by Gasteiger charge is 2.33. The third kappa shape index (κ3) is 5.24. The summed E-state index contributed by atoms with van der Waals surface area (Å²) in [6.45, 7) is 4.40. The van der Waals surface area contributed by atoms with Crippen LogP contribution in [0.5, 0.6) is 0 Å². The summed E-state index contributed by atoms with van der Waals surface area (Å²) in [6.07, 6.45) is 9.76. The van der Waals surface area contributed by atoms with E-state index in [-0.39, 0.29) is 23.7 Å². The number of hydrogen-bond donors (Lipinski definition) is 1. The first-order chi connectivity index (χ1) is 13.3. The Hall–Kier alpha value is -1.18. The minimum atomic E-state index is -3.36. The Kier molecular flexibility index (Phi) is 6.99. The number of pyridine rings is 1. The van der Waals surface area contributed by atoms with Gasteiger partial charge in [0.15, 0.2) is 0 Å². The summed E-state index contributed by atoms with van der Waals surface area (Å²) in [6, 6.07) is 3.21. The van der Waals surface area contributed by atoms with Crippen LogP contribution in [0, 0.1) is 12.8 Å². The lowest BCUT2D eigenvalue weighted by Crippen LogP contribution is -2.49. The largest absolute Gasteiger partial charge is 0.376 e. The van der Waals surface area contributed by atoms with E-state index in [1.54, 1.807) is 11.5 Å². The number of fused-ring (bicyclic) bond motifs is 1. The van der Waals surface area contributed by atoms with Crippen molar-refractivity contribution in [3.8, 4) is 0 Å². The van der Waals surface area contributed by atoms with Crippen molar-refractivity contribution in [2.24, 2.45) is 5.92 Å². The average Bonchev–Trinajstić information content (AvgIpc) is 2.64. The van der Waals surface area contributed by atoms with Gasteiger partial charge in [-0.25, -0.2) is 13.1 Å². The maximum Gasteiger partial charge on any atom is 0.254 e. The smallest absolute Gasteiger partial charge is 0.254 e. The van der Waals surface area contributed by atoms with Crippen molar-refractivity contribution in [3.05, 3.63) is 33.7 Å². The van der Waals surface area contributed by atoms with Gasteiger partial charge in [0, 0.05) is 17.3 Å². The maximum atomic E-state index is 12.8. The van der Waals surface area contributed by atoms with Gasteiger partial charge in [0.2, 0.25) is 10.0 Å². The van der Waals surface area contributed by atoms with Gasteiger partial charge in [-0.05, 0) is 57.4 Å². The molecule has 7 heteroatoms. The highest BCUT2D eigenvalue weighted by molar-refractivity contribution is 7.88. The Morgan fingerprint density at radius 3 is 2.54 bits per heavy atom. The van der Waals surface area contributed by atoms with E-state index in [0.29, 0.717) is 25.0 Å². The second-order valence-corrected chi connectivity index (χ2v) is 10.3. The van der Waals surface area contributed by atoms with Crippen LogP contribution in [-0.2, 0) is 21.2 Å². The zero-order valence-corrected chi connectivity index (χ0v) is 18.1. The molecule has 1 aliphatic carbocycles.